The van der Waals surface area contributed by atoms with Crippen LogP contribution in [-0.4, -0.2) is 21.6 Å². The molecule has 2 aromatic carbocycles. The third-order valence-electron chi connectivity index (χ3n) is 3.68. The number of aromatic carboxylic acids is 1. The van der Waals surface area contributed by atoms with Gasteiger partial charge in [0.05, 0.1) is 5.02 Å². The zero-order valence-corrected chi connectivity index (χ0v) is 16.0. The van der Waals surface area contributed by atoms with Gasteiger partial charge in [0.2, 0.25) is 0 Å². The highest BCUT2D eigenvalue weighted by Crippen LogP contribution is 2.27. The maximum absolute atomic E-state index is 11.6. The van der Waals surface area contributed by atoms with Gasteiger partial charge in [-0.25, -0.2) is 4.79 Å². The minimum Gasteiger partial charge on any atom is -0.477 e. The number of rotatable bonds is 4. The Morgan fingerprint density at radius 2 is 1.96 bits per heavy atom. The smallest absolute Gasteiger partial charge is 0.352 e. The fourth-order valence-corrected chi connectivity index (χ4v) is 3.34. The van der Waals surface area contributed by atoms with Crippen LogP contribution in [0.1, 0.15) is 23.0 Å². The average Bonchev–Trinajstić information content (AvgIpc) is 2.88. The van der Waals surface area contributed by atoms with E-state index in [0.717, 1.165) is 14.7 Å². The van der Waals surface area contributed by atoms with Crippen LogP contribution in [0.15, 0.2) is 42.5 Å². The molecule has 0 aliphatic rings. The highest BCUT2D eigenvalue weighted by molar-refractivity contribution is 14.1. The molecule has 1 N–H and O–H groups in total. The summed E-state index contributed by atoms with van der Waals surface area (Å²) < 4.78 is 7.69. The monoisotopic (exact) mass is 469 g/mol. The number of carbonyl (C=O) groups excluding carboxylic acids is 1. The molecule has 0 saturated heterocycles. The highest BCUT2D eigenvalue weighted by Gasteiger charge is 2.16. The van der Waals surface area contributed by atoms with E-state index in [-0.39, 0.29) is 5.69 Å². The molecule has 5 nitrogen and oxygen atoms in total. The number of ether oxygens (including phenoxy) is 1. The number of nitrogens with zero attached hydrogens (tertiary/aromatic N) is 1. The summed E-state index contributed by atoms with van der Waals surface area (Å²) in [7, 11) is 0. The van der Waals surface area contributed by atoms with E-state index in [1.165, 1.54) is 6.92 Å². The molecule has 7 heteroatoms. The first kappa shape index (κ1) is 17.8. The summed E-state index contributed by atoms with van der Waals surface area (Å²) in [6.07, 6.45) is 0. The van der Waals surface area contributed by atoms with Gasteiger partial charge in [0, 0.05) is 27.9 Å². The van der Waals surface area contributed by atoms with Crippen LogP contribution >= 0.6 is 34.2 Å². The Hall–Kier alpha value is -2.06. The number of hydrogen-bond donors (Lipinski definition) is 1. The molecule has 0 amide bonds. The van der Waals surface area contributed by atoms with Crippen LogP contribution in [0.4, 0.5) is 0 Å². The molecule has 1 heterocycles. The zero-order chi connectivity index (χ0) is 18.1. The lowest BCUT2D eigenvalue weighted by atomic mass is 10.2. The Bertz CT molecular complexity index is 996. The van der Waals surface area contributed by atoms with Crippen molar-refractivity contribution in [2.45, 2.75) is 13.5 Å². The Labute approximate surface area is 162 Å². The number of halogens is 2. The van der Waals surface area contributed by atoms with Crippen molar-refractivity contribution in [3.8, 4) is 5.75 Å². The number of hydrogen-bond acceptors (Lipinski definition) is 3. The molecule has 0 fully saturated rings. The van der Waals surface area contributed by atoms with Crippen molar-refractivity contribution in [3.05, 3.63) is 62.3 Å². The minimum absolute atomic E-state index is 0.167. The second kappa shape index (κ2) is 7.05. The van der Waals surface area contributed by atoms with E-state index in [1.54, 1.807) is 34.9 Å². The predicted molar refractivity (Wildman–Crippen MR) is 103 cm³/mol. The molecule has 0 aliphatic heterocycles. The number of carboxylic acids is 1. The lowest BCUT2D eigenvalue weighted by Crippen LogP contribution is -2.09. The molecule has 0 atom stereocenters. The molecule has 0 aliphatic carbocycles. The lowest BCUT2D eigenvalue weighted by molar-refractivity contribution is -0.131. The number of carboxylic acid groups (broad SMARTS) is 1. The quantitative estimate of drug-likeness (QED) is 0.345. The summed E-state index contributed by atoms with van der Waals surface area (Å²) >= 11 is 8.19. The minimum atomic E-state index is -1.02. The maximum atomic E-state index is 11.6. The van der Waals surface area contributed by atoms with Gasteiger partial charge >= 0.3 is 11.9 Å². The van der Waals surface area contributed by atoms with Crippen LogP contribution in [0.2, 0.25) is 5.02 Å². The molecule has 3 rings (SSSR count). The maximum Gasteiger partial charge on any atom is 0.352 e. The third-order valence-corrected chi connectivity index (χ3v) is 5.22. The van der Waals surface area contributed by atoms with Gasteiger partial charge < -0.3 is 14.4 Å². The van der Waals surface area contributed by atoms with E-state index < -0.39 is 11.9 Å². The zero-order valence-electron chi connectivity index (χ0n) is 13.1. The van der Waals surface area contributed by atoms with Gasteiger partial charge in [-0.15, -0.1) is 0 Å². The van der Waals surface area contributed by atoms with Gasteiger partial charge in [-0.3, -0.25) is 4.79 Å². The second-order valence-electron chi connectivity index (χ2n) is 5.48. The van der Waals surface area contributed by atoms with Crippen molar-refractivity contribution in [3.63, 3.8) is 0 Å². The number of benzene rings is 2. The van der Waals surface area contributed by atoms with Crippen LogP contribution in [0.25, 0.3) is 10.9 Å². The number of esters is 1. The molecule has 0 saturated carbocycles. The Morgan fingerprint density at radius 3 is 2.60 bits per heavy atom. The topological polar surface area (TPSA) is 68.5 Å². The van der Waals surface area contributed by atoms with Gasteiger partial charge in [0.15, 0.2) is 0 Å². The molecular formula is C18H13ClINO4. The summed E-state index contributed by atoms with van der Waals surface area (Å²) in [5.74, 6) is -1.06. The molecule has 0 unspecified atom stereocenters. The standard InChI is InChI=1S/C18H13ClINO4/c1-10(22)25-13-3-5-16-12(7-13)8-17(18(23)24)21(16)9-11-2-4-14(19)15(20)6-11/h2-8H,9H2,1H3,(H,23,24). The summed E-state index contributed by atoms with van der Waals surface area (Å²) in [4.78, 5) is 22.7. The van der Waals surface area contributed by atoms with Crippen LogP contribution in [0.3, 0.4) is 0 Å². The second-order valence-corrected chi connectivity index (χ2v) is 7.05. The first-order chi connectivity index (χ1) is 11.8. The fraction of sp³-hybridized carbons (Fsp3) is 0.111. The predicted octanol–water partition coefficient (Wildman–Crippen LogP) is 4.57. The van der Waals surface area contributed by atoms with Crippen LogP contribution in [0.5, 0.6) is 5.75 Å². The average molecular weight is 470 g/mol. The fourth-order valence-electron chi connectivity index (χ4n) is 2.65. The Balaban J connectivity index is 2.08. The van der Waals surface area contributed by atoms with E-state index >= 15 is 0 Å². The van der Waals surface area contributed by atoms with Crippen LogP contribution in [-0.2, 0) is 11.3 Å². The Morgan fingerprint density at radius 1 is 1.20 bits per heavy atom. The first-order valence-corrected chi connectivity index (χ1v) is 8.80. The van der Waals surface area contributed by atoms with E-state index in [9.17, 15) is 14.7 Å². The Kier molecular flexibility index (Phi) is 5.01. The lowest BCUT2D eigenvalue weighted by Gasteiger charge is -2.10. The summed E-state index contributed by atoms with van der Waals surface area (Å²) in [5.41, 5.74) is 1.86. The first-order valence-electron chi connectivity index (χ1n) is 7.34. The van der Waals surface area contributed by atoms with Gasteiger partial charge in [0.1, 0.15) is 11.4 Å². The van der Waals surface area contributed by atoms with E-state index in [4.69, 9.17) is 16.3 Å². The van der Waals surface area contributed by atoms with Crippen molar-refractivity contribution >= 4 is 57.0 Å². The number of carbonyl (C=O) groups is 2. The SMILES string of the molecule is CC(=O)Oc1ccc2c(c1)cc(C(=O)O)n2Cc1ccc(Cl)c(I)c1. The van der Waals surface area contributed by atoms with Gasteiger partial charge in [0.25, 0.3) is 0 Å². The summed E-state index contributed by atoms with van der Waals surface area (Å²) in [5, 5.41) is 10.9. The van der Waals surface area contributed by atoms with E-state index in [0.29, 0.717) is 22.7 Å². The molecule has 0 radical (unpaired) electrons. The highest BCUT2D eigenvalue weighted by atomic mass is 127. The molecule has 3 aromatic rings. The molecule has 128 valence electrons. The normalized spacial score (nSPS) is 10.8. The largest absolute Gasteiger partial charge is 0.477 e. The van der Waals surface area contributed by atoms with Crippen molar-refractivity contribution in [1.29, 1.82) is 0 Å². The van der Waals surface area contributed by atoms with Gasteiger partial charge in [-0.05, 0) is 64.6 Å². The number of aromatic nitrogens is 1. The third kappa shape index (κ3) is 3.80. The van der Waals surface area contributed by atoms with Crippen molar-refractivity contribution in [2.24, 2.45) is 0 Å². The van der Waals surface area contributed by atoms with Crippen molar-refractivity contribution in [2.75, 3.05) is 0 Å². The molecule has 1 aromatic heterocycles. The van der Waals surface area contributed by atoms with Crippen molar-refractivity contribution < 1.29 is 19.4 Å². The molecule has 25 heavy (non-hydrogen) atoms. The molecular weight excluding hydrogens is 457 g/mol. The van der Waals surface area contributed by atoms with Gasteiger partial charge in [-0.1, -0.05) is 17.7 Å². The summed E-state index contributed by atoms with van der Waals surface area (Å²) in [6.45, 7) is 1.71. The van der Waals surface area contributed by atoms with E-state index in [2.05, 4.69) is 22.6 Å². The van der Waals surface area contributed by atoms with Crippen LogP contribution in [0, 0.1) is 3.57 Å². The molecule has 0 bridgehead atoms. The van der Waals surface area contributed by atoms with E-state index in [1.807, 2.05) is 12.1 Å². The molecule has 0 spiro atoms. The van der Waals surface area contributed by atoms with Crippen molar-refractivity contribution in [1.82, 2.24) is 4.57 Å². The van der Waals surface area contributed by atoms with Gasteiger partial charge in [-0.2, -0.15) is 0 Å². The summed E-state index contributed by atoms with van der Waals surface area (Å²) in [6, 6.07) is 12.2. The van der Waals surface area contributed by atoms with Crippen LogP contribution < -0.4 is 4.74 Å². The number of fused-ring (bicyclic) bond motifs is 1.